The van der Waals surface area contributed by atoms with Crippen LogP contribution in [0.5, 0.6) is 0 Å². The van der Waals surface area contributed by atoms with Gasteiger partial charge in [0, 0.05) is 22.9 Å². The van der Waals surface area contributed by atoms with Gasteiger partial charge in [0.25, 0.3) is 0 Å². The number of allylic oxidation sites excluding steroid dienone is 1. The van der Waals surface area contributed by atoms with E-state index >= 15 is 0 Å². The molecular formula is C31H29N3. The molecular weight excluding hydrogens is 414 g/mol. The molecule has 3 heterocycles. The van der Waals surface area contributed by atoms with Crippen molar-refractivity contribution in [3.05, 3.63) is 115 Å². The summed E-state index contributed by atoms with van der Waals surface area (Å²) in [6, 6.07) is 32.5. The highest BCUT2D eigenvalue weighted by Crippen LogP contribution is 2.61. The molecule has 0 saturated carbocycles. The van der Waals surface area contributed by atoms with Crippen LogP contribution in [0.3, 0.4) is 0 Å². The lowest BCUT2D eigenvalue weighted by Crippen LogP contribution is -2.54. The van der Waals surface area contributed by atoms with Crippen LogP contribution in [0.4, 0.5) is 22.9 Å². The van der Waals surface area contributed by atoms with Crippen LogP contribution in [0.1, 0.15) is 31.7 Å². The maximum absolute atomic E-state index is 4.92. The van der Waals surface area contributed by atoms with Crippen LogP contribution >= 0.6 is 0 Å². The van der Waals surface area contributed by atoms with Crippen molar-refractivity contribution in [1.29, 1.82) is 0 Å². The number of rotatable bonds is 4. The maximum Gasteiger partial charge on any atom is 0.158 e. The number of para-hydroxylation sites is 2. The van der Waals surface area contributed by atoms with E-state index in [9.17, 15) is 0 Å². The molecule has 0 fully saturated rings. The molecule has 168 valence electrons. The lowest BCUT2D eigenvalue weighted by atomic mass is 9.67. The van der Waals surface area contributed by atoms with Gasteiger partial charge in [-0.25, -0.2) is 4.98 Å². The molecule has 3 nitrogen and oxygen atoms in total. The molecule has 34 heavy (non-hydrogen) atoms. The average Bonchev–Trinajstić information content (AvgIpc) is 3.23. The lowest BCUT2D eigenvalue weighted by Gasteiger charge is -2.52. The molecule has 0 amide bonds. The number of anilines is 4. The quantitative estimate of drug-likeness (QED) is 0.297. The molecule has 0 spiro atoms. The van der Waals surface area contributed by atoms with Gasteiger partial charge in [-0.15, -0.1) is 6.58 Å². The van der Waals surface area contributed by atoms with Crippen molar-refractivity contribution < 1.29 is 0 Å². The van der Waals surface area contributed by atoms with Crippen molar-refractivity contribution in [1.82, 2.24) is 4.98 Å². The summed E-state index contributed by atoms with van der Waals surface area (Å²) in [5.41, 5.74) is 7.36. The fraction of sp³-hybridized carbons (Fsp3) is 0.194. The standard InChI is InChI=1S/C31H29N3/c1-4-13-25-24-17-9-11-19-27(24)34-29-28(20-12-21-32-29)33(30(34)31(25,2)3)26-18-10-8-16-23(26)22-14-6-5-7-15-22/h4-12,14-21,25,30H,1,13H2,2-3H3. The SMILES string of the molecule is C=CCC1c2ccccc2N2c3ncccc3N(c3ccccc3-c3ccccc3)C2C1(C)C. The van der Waals surface area contributed by atoms with Gasteiger partial charge >= 0.3 is 0 Å². The van der Waals surface area contributed by atoms with Crippen molar-refractivity contribution in [2.45, 2.75) is 32.4 Å². The first-order valence-corrected chi connectivity index (χ1v) is 12.0. The zero-order valence-electron chi connectivity index (χ0n) is 19.7. The molecule has 0 aliphatic carbocycles. The van der Waals surface area contributed by atoms with Crippen molar-refractivity contribution in [3.8, 4) is 11.1 Å². The normalized spacial score (nSPS) is 19.8. The minimum absolute atomic E-state index is 0.0763. The smallest absolute Gasteiger partial charge is 0.158 e. The van der Waals surface area contributed by atoms with Gasteiger partial charge in [-0.3, -0.25) is 0 Å². The number of hydrogen-bond acceptors (Lipinski definition) is 3. The molecule has 3 aromatic carbocycles. The van der Waals surface area contributed by atoms with Crippen LogP contribution in [-0.2, 0) is 0 Å². The van der Waals surface area contributed by atoms with Gasteiger partial charge in [0.2, 0.25) is 0 Å². The van der Waals surface area contributed by atoms with Gasteiger partial charge < -0.3 is 9.80 Å². The fourth-order valence-corrected chi connectivity index (χ4v) is 6.02. The third-order valence-electron chi connectivity index (χ3n) is 7.53. The van der Waals surface area contributed by atoms with Crippen LogP contribution in [-0.4, -0.2) is 11.1 Å². The minimum atomic E-state index is -0.0763. The van der Waals surface area contributed by atoms with Crippen LogP contribution < -0.4 is 9.80 Å². The molecule has 3 heteroatoms. The Labute approximate surface area is 202 Å². The van der Waals surface area contributed by atoms with E-state index in [1.165, 1.54) is 28.1 Å². The predicted molar refractivity (Wildman–Crippen MR) is 142 cm³/mol. The number of nitrogens with zero attached hydrogens (tertiary/aromatic N) is 3. The highest BCUT2D eigenvalue weighted by Gasteiger charge is 2.54. The zero-order valence-corrected chi connectivity index (χ0v) is 19.7. The van der Waals surface area contributed by atoms with E-state index in [2.05, 4.69) is 127 Å². The van der Waals surface area contributed by atoms with E-state index in [1.807, 2.05) is 6.20 Å². The molecule has 0 bridgehead atoms. The molecule has 1 aromatic heterocycles. The van der Waals surface area contributed by atoms with Crippen molar-refractivity contribution in [2.24, 2.45) is 5.41 Å². The summed E-state index contributed by atoms with van der Waals surface area (Å²) in [6.45, 7) is 8.91. The van der Waals surface area contributed by atoms with Crippen LogP contribution in [0.15, 0.2) is 110 Å². The predicted octanol–water partition coefficient (Wildman–Crippen LogP) is 8.06. The van der Waals surface area contributed by atoms with Gasteiger partial charge in [-0.05, 0) is 47.7 Å². The summed E-state index contributed by atoms with van der Waals surface area (Å²) in [5.74, 6) is 1.37. The van der Waals surface area contributed by atoms with Gasteiger partial charge in [0.15, 0.2) is 5.82 Å². The second kappa shape index (κ2) is 7.88. The number of fused-ring (bicyclic) bond motifs is 5. The summed E-state index contributed by atoms with van der Waals surface area (Å²) in [7, 11) is 0. The van der Waals surface area contributed by atoms with Gasteiger partial charge in [0.05, 0.1) is 11.4 Å². The Morgan fingerprint density at radius 3 is 2.26 bits per heavy atom. The Bertz CT molecular complexity index is 1360. The van der Waals surface area contributed by atoms with Gasteiger partial charge in [0.1, 0.15) is 6.17 Å². The van der Waals surface area contributed by atoms with E-state index in [4.69, 9.17) is 4.98 Å². The van der Waals surface area contributed by atoms with E-state index in [0.29, 0.717) is 5.92 Å². The van der Waals surface area contributed by atoms with Gasteiger partial charge in [-0.2, -0.15) is 0 Å². The highest BCUT2D eigenvalue weighted by atomic mass is 15.5. The average molecular weight is 444 g/mol. The summed E-state index contributed by atoms with van der Waals surface area (Å²) in [5, 5.41) is 0. The molecule has 2 atom stereocenters. The van der Waals surface area contributed by atoms with Crippen molar-refractivity contribution in [2.75, 3.05) is 9.80 Å². The first kappa shape index (κ1) is 20.7. The fourth-order valence-electron chi connectivity index (χ4n) is 6.02. The lowest BCUT2D eigenvalue weighted by molar-refractivity contribution is 0.218. The maximum atomic E-state index is 4.92. The largest absolute Gasteiger partial charge is 0.316 e. The van der Waals surface area contributed by atoms with Crippen LogP contribution in [0.25, 0.3) is 11.1 Å². The summed E-state index contributed by atoms with van der Waals surface area (Å²) < 4.78 is 0. The van der Waals surface area contributed by atoms with E-state index in [0.717, 1.165) is 17.9 Å². The van der Waals surface area contributed by atoms with Crippen LogP contribution in [0.2, 0.25) is 0 Å². The van der Waals surface area contributed by atoms with E-state index in [-0.39, 0.29) is 11.6 Å². The van der Waals surface area contributed by atoms with Crippen LogP contribution in [0, 0.1) is 5.41 Å². The topological polar surface area (TPSA) is 19.4 Å². The first-order chi connectivity index (χ1) is 16.6. The van der Waals surface area contributed by atoms with Crippen molar-refractivity contribution in [3.63, 3.8) is 0 Å². The highest BCUT2D eigenvalue weighted by molar-refractivity contribution is 5.92. The third kappa shape index (κ3) is 2.93. The third-order valence-corrected chi connectivity index (χ3v) is 7.53. The molecule has 0 radical (unpaired) electrons. The molecule has 2 aliphatic heterocycles. The number of aromatic nitrogens is 1. The van der Waals surface area contributed by atoms with E-state index in [1.54, 1.807) is 0 Å². The summed E-state index contributed by atoms with van der Waals surface area (Å²) >= 11 is 0. The molecule has 4 aromatic rings. The molecule has 2 unspecified atom stereocenters. The minimum Gasteiger partial charge on any atom is -0.316 e. The Morgan fingerprint density at radius 1 is 0.794 bits per heavy atom. The molecule has 0 saturated heterocycles. The summed E-state index contributed by atoms with van der Waals surface area (Å²) in [4.78, 5) is 9.91. The van der Waals surface area contributed by atoms with Crippen molar-refractivity contribution >= 4 is 22.9 Å². The molecule has 2 aliphatic rings. The van der Waals surface area contributed by atoms with Gasteiger partial charge in [-0.1, -0.05) is 86.7 Å². The molecule has 0 N–H and O–H groups in total. The monoisotopic (exact) mass is 443 g/mol. The Kier molecular flexibility index (Phi) is 4.80. The number of benzene rings is 3. The summed E-state index contributed by atoms with van der Waals surface area (Å²) in [6.07, 6.45) is 5.00. The van der Waals surface area contributed by atoms with E-state index < -0.39 is 0 Å². The zero-order chi connectivity index (χ0) is 23.3. The Morgan fingerprint density at radius 2 is 1.47 bits per heavy atom. The molecule has 6 rings (SSSR count). The number of pyridine rings is 1. The second-order valence-corrected chi connectivity index (χ2v) is 9.80. The Hall–Kier alpha value is -3.85. The number of hydrogen-bond donors (Lipinski definition) is 0. The first-order valence-electron chi connectivity index (χ1n) is 12.0. The Balaban J connectivity index is 1.63. The second-order valence-electron chi connectivity index (χ2n) is 9.80.